The molecule has 0 bridgehead atoms. The molecule has 2 saturated heterocycles. The first kappa shape index (κ1) is 26.1. The Labute approximate surface area is 231 Å². The molecule has 3 aromatic rings. The van der Waals surface area contributed by atoms with Crippen molar-refractivity contribution in [3.8, 4) is 11.5 Å². The first-order chi connectivity index (χ1) is 18.9. The molecule has 1 aromatic heterocycles. The maximum Gasteiger partial charge on any atom is 0.225 e. The third-order valence-corrected chi connectivity index (χ3v) is 8.08. The van der Waals surface area contributed by atoms with Crippen molar-refractivity contribution >= 4 is 34.2 Å². The molecule has 2 aromatic carbocycles. The highest BCUT2D eigenvalue weighted by molar-refractivity contribution is 6.31. The van der Waals surface area contributed by atoms with Crippen LogP contribution in [0.4, 0.5) is 10.2 Å². The number of aliphatic hydroxyl groups is 1. The van der Waals surface area contributed by atoms with Crippen molar-refractivity contribution in [1.29, 1.82) is 0 Å². The van der Waals surface area contributed by atoms with Gasteiger partial charge in [0, 0.05) is 30.0 Å². The van der Waals surface area contributed by atoms with E-state index in [1.807, 2.05) is 30.3 Å². The van der Waals surface area contributed by atoms with Crippen molar-refractivity contribution in [3.63, 3.8) is 0 Å². The normalized spacial score (nSPS) is 20.8. The van der Waals surface area contributed by atoms with E-state index in [0.29, 0.717) is 43.2 Å². The van der Waals surface area contributed by atoms with Crippen LogP contribution in [0.25, 0.3) is 10.9 Å². The van der Waals surface area contributed by atoms with Crippen molar-refractivity contribution in [2.75, 3.05) is 50.8 Å². The van der Waals surface area contributed by atoms with Crippen LogP contribution in [0.3, 0.4) is 0 Å². The number of fused-ring (bicyclic) bond motifs is 2. The van der Waals surface area contributed by atoms with Gasteiger partial charge >= 0.3 is 0 Å². The smallest absolute Gasteiger partial charge is 0.225 e. The number of aromatic nitrogens is 1. The molecule has 2 fully saturated rings. The summed E-state index contributed by atoms with van der Waals surface area (Å²) in [5.41, 5.74) is 1.21. The van der Waals surface area contributed by atoms with E-state index in [1.165, 1.54) is 6.07 Å². The number of carbonyl (C=O) groups excluding carboxylic acids is 1. The lowest BCUT2D eigenvalue weighted by Crippen LogP contribution is -2.48. The molecule has 0 saturated carbocycles. The summed E-state index contributed by atoms with van der Waals surface area (Å²) in [5.74, 6) is 0.209. The number of nitrogens with zero attached hydrogens (tertiary/aromatic N) is 3. The molecule has 0 aliphatic carbocycles. The zero-order valence-electron chi connectivity index (χ0n) is 21.6. The Morgan fingerprint density at radius 2 is 1.95 bits per heavy atom. The highest BCUT2D eigenvalue weighted by Crippen LogP contribution is 2.36. The van der Waals surface area contributed by atoms with Gasteiger partial charge in [-0.2, -0.15) is 0 Å². The molecular formula is C29H32ClFN4O4. The summed E-state index contributed by atoms with van der Waals surface area (Å²) in [6, 6.07) is 11.8. The van der Waals surface area contributed by atoms with Crippen molar-refractivity contribution in [2.45, 2.75) is 31.4 Å². The Morgan fingerprint density at radius 1 is 1.13 bits per heavy atom. The van der Waals surface area contributed by atoms with Crippen molar-refractivity contribution in [2.24, 2.45) is 5.92 Å². The van der Waals surface area contributed by atoms with E-state index in [2.05, 4.69) is 15.1 Å². The molecule has 39 heavy (non-hydrogen) atoms. The maximum absolute atomic E-state index is 14.8. The summed E-state index contributed by atoms with van der Waals surface area (Å²) in [4.78, 5) is 22.6. The predicted octanol–water partition coefficient (Wildman–Crippen LogP) is 3.94. The minimum Gasteiger partial charge on any atom is -0.486 e. The van der Waals surface area contributed by atoms with Crippen LogP contribution in [-0.4, -0.2) is 72.9 Å². The molecule has 3 aliphatic rings. The van der Waals surface area contributed by atoms with Gasteiger partial charge in [-0.1, -0.05) is 11.6 Å². The second kappa shape index (κ2) is 11.2. The lowest BCUT2D eigenvalue weighted by molar-refractivity contribution is -0.126. The van der Waals surface area contributed by atoms with Gasteiger partial charge in [0.05, 0.1) is 17.5 Å². The van der Waals surface area contributed by atoms with Crippen LogP contribution in [-0.2, 0) is 4.79 Å². The standard InChI is InChI=1S/C29H32ClFN4O4/c30-21-4-5-23-18(13-21)3-6-26(32-23)35-10-7-19(16-35)29(37)33-24(17-34-8-1-2-9-34)27(36)20-14-22(31)28-25(15-20)38-11-12-39-28/h3-6,13-15,19,24,27,36H,1-2,7-12,16-17H2,(H,33,37)/t19?,24-,27-/m1/s1. The molecule has 8 nitrogen and oxygen atoms in total. The Kier molecular flexibility index (Phi) is 7.47. The first-order valence-corrected chi connectivity index (χ1v) is 13.9. The van der Waals surface area contributed by atoms with Crippen LogP contribution in [0, 0.1) is 11.7 Å². The molecule has 1 amide bonds. The number of nitrogens with one attached hydrogen (secondary N) is 1. The number of likely N-dealkylation sites (tertiary alicyclic amines) is 1. The van der Waals surface area contributed by atoms with Crippen molar-refractivity contribution in [1.82, 2.24) is 15.2 Å². The van der Waals surface area contributed by atoms with Crippen LogP contribution >= 0.6 is 11.6 Å². The summed E-state index contributed by atoms with van der Waals surface area (Å²) < 4.78 is 25.7. The highest BCUT2D eigenvalue weighted by atomic mass is 35.5. The van der Waals surface area contributed by atoms with Crippen LogP contribution < -0.4 is 19.7 Å². The zero-order chi connectivity index (χ0) is 26.9. The number of anilines is 1. The fourth-order valence-electron chi connectivity index (χ4n) is 5.75. The molecule has 1 unspecified atom stereocenters. The topological polar surface area (TPSA) is 87.2 Å². The molecule has 0 radical (unpaired) electrons. The SMILES string of the molecule is O=C(N[C@H](CN1CCCC1)[C@H](O)c1cc(F)c2c(c1)OCCO2)C1CCN(c2ccc3cc(Cl)ccc3n2)C1. The molecule has 10 heteroatoms. The number of hydrogen-bond acceptors (Lipinski definition) is 7. The van der Waals surface area contributed by atoms with Crippen LogP contribution in [0.5, 0.6) is 11.5 Å². The van der Waals surface area contributed by atoms with Gasteiger partial charge in [0.2, 0.25) is 5.91 Å². The summed E-state index contributed by atoms with van der Waals surface area (Å²) in [6.07, 6.45) is 1.74. The van der Waals surface area contributed by atoms with E-state index in [4.69, 9.17) is 26.1 Å². The number of amides is 1. The number of carbonyl (C=O) groups is 1. The minimum atomic E-state index is -1.11. The highest BCUT2D eigenvalue weighted by Gasteiger charge is 2.34. The molecule has 3 atom stereocenters. The number of aliphatic hydroxyl groups excluding tert-OH is 1. The number of pyridine rings is 1. The van der Waals surface area contributed by atoms with Crippen LogP contribution in [0.1, 0.15) is 30.9 Å². The second-order valence-corrected chi connectivity index (χ2v) is 11.0. The third-order valence-electron chi connectivity index (χ3n) is 7.84. The number of rotatable bonds is 7. The van der Waals surface area contributed by atoms with Gasteiger partial charge < -0.3 is 29.7 Å². The second-order valence-electron chi connectivity index (χ2n) is 10.5. The number of halogens is 2. The largest absolute Gasteiger partial charge is 0.486 e. The number of ether oxygens (including phenoxy) is 2. The quantitative estimate of drug-likeness (QED) is 0.457. The Morgan fingerprint density at radius 3 is 2.79 bits per heavy atom. The zero-order valence-corrected chi connectivity index (χ0v) is 22.4. The van der Waals surface area contributed by atoms with Gasteiger partial charge in [0.15, 0.2) is 17.3 Å². The molecular weight excluding hydrogens is 523 g/mol. The van der Waals surface area contributed by atoms with E-state index in [9.17, 15) is 14.3 Å². The average Bonchev–Trinajstić information content (AvgIpc) is 3.65. The number of benzene rings is 2. The molecule has 4 heterocycles. The fraction of sp³-hybridized carbons (Fsp3) is 0.448. The Hall–Kier alpha value is -3.14. The Balaban J connectivity index is 1.17. The molecule has 0 spiro atoms. The van der Waals surface area contributed by atoms with E-state index in [0.717, 1.165) is 42.7 Å². The lowest BCUT2D eigenvalue weighted by Gasteiger charge is -2.30. The van der Waals surface area contributed by atoms with Crippen molar-refractivity contribution in [3.05, 3.63) is 58.9 Å². The monoisotopic (exact) mass is 554 g/mol. The van der Waals surface area contributed by atoms with Crippen LogP contribution in [0.2, 0.25) is 5.02 Å². The molecule has 3 aliphatic heterocycles. The maximum atomic E-state index is 14.8. The summed E-state index contributed by atoms with van der Waals surface area (Å²) in [5, 5.41) is 16.1. The van der Waals surface area contributed by atoms with Gasteiger partial charge in [-0.15, -0.1) is 0 Å². The molecule has 6 rings (SSSR count). The Bertz CT molecular complexity index is 1370. The fourth-order valence-corrected chi connectivity index (χ4v) is 5.93. The van der Waals surface area contributed by atoms with E-state index in [1.54, 1.807) is 6.07 Å². The van der Waals surface area contributed by atoms with Gasteiger partial charge in [0.1, 0.15) is 25.1 Å². The number of hydrogen-bond donors (Lipinski definition) is 2. The minimum absolute atomic E-state index is 0.0637. The summed E-state index contributed by atoms with van der Waals surface area (Å²) in [7, 11) is 0. The van der Waals surface area contributed by atoms with Crippen LogP contribution in [0.15, 0.2) is 42.5 Å². The summed E-state index contributed by atoms with van der Waals surface area (Å²) in [6.45, 7) is 4.13. The predicted molar refractivity (Wildman–Crippen MR) is 147 cm³/mol. The lowest BCUT2D eigenvalue weighted by atomic mass is 9.99. The third kappa shape index (κ3) is 5.62. The molecule has 206 valence electrons. The van der Waals surface area contributed by atoms with E-state index >= 15 is 0 Å². The van der Waals surface area contributed by atoms with Gasteiger partial charge in [-0.3, -0.25) is 4.79 Å². The molecule has 2 N–H and O–H groups in total. The van der Waals surface area contributed by atoms with Gasteiger partial charge in [0.25, 0.3) is 0 Å². The average molecular weight is 555 g/mol. The van der Waals surface area contributed by atoms with Crippen molar-refractivity contribution < 1.29 is 23.8 Å². The van der Waals surface area contributed by atoms with E-state index < -0.39 is 18.0 Å². The first-order valence-electron chi connectivity index (χ1n) is 13.6. The van der Waals surface area contributed by atoms with Gasteiger partial charge in [-0.25, -0.2) is 9.37 Å². The summed E-state index contributed by atoms with van der Waals surface area (Å²) >= 11 is 6.10. The van der Waals surface area contributed by atoms with Gasteiger partial charge in [-0.05, 0) is 80.4 Å². The van der Waals surface area contributed by atoms with E-state index in [-0.39, 0.29) is 29.9 Å².